The summed E-state index contributed by atoms with van der Waals surface area (Å²) in [6, 6.07) is 36.4. The van der Waals surface area contributed by atoms with Crippen LogP contribution in [0.15, 0.2) is 121 Å². The van der Waals surface area contributed by atoms with Gasteiger partial charge in [0.1, 0.15) is 0 Å². The molecule has 4 heteroatoms. The minimum Gasteiger partial charge on any atom is -0.311 e. The smallest absolute Gasteiger partial charge is 0.258 e. The summed E-state index contributed by atoms with van der Waals surface area (Å²) in [5, 5.41) is 0. The quantitative estimate of drug-likeness (QED) is 0.245. The molecule has 5 rings (SSSR count). The molecule has 1 aliphatic heterocycles. The third-order valence-electron chi connectivity index (χ3n) is 5.61. The minimum atomic E-state index is -0.312. The Hall–Kier alpha value is -4.70. The molecular formula is C30H22N2O2. The molecule has 0 unspecified atom stereocenters. The van der Waals surface area contributed by atoms with Crippen LogP contribution in [0.1, 0.15) is 11.1 Å². The van der Waals surface area contributed by atoms with Crippen LogP contribution in [-0.4, -0.2) is 11.8 Å². The van der Waals surface area contributed by atoms with Crippen molar-refractivity contribution in [2.24, 2.45) is 0 Å². The molecule has 34 heavy (non-hydrogen) atoms. The molecule has 0 saturated heterocycles. The monoisotopic (exact) mass is 442 g/mol. The van der Waals surface area contributed by atoms with Crippen molar-refractivity contribution in [1.29, 1.82) is 0 Å². The SMILES string of the molecule is O=C1C=CC(=O)N1c1ccc(/C=C/c2ccc(N(c3ccccc3)c3ccccc3)cc2)cc1. The van der Waals surface area contributed by atoms with Crippen molar-refractivity contribution in [3.8, 4) is 0 Å². The highest BCUT2D eigenvalue weighted by Gasteiger charge is 2.24. The molecular weight excluding hydrogens is 420 g/mol. The van der Waals surface area contributed by atoms with E-state index < -0.39 is 0 Å². The van der Waals surface area contributed by atoms with Crippen molar-refractivity contribution in [1.82, 2.24) is 0 Å². The average molecular weight is 443 g/mol. The van der Waals surface area contributed by atoms with E-state index in [-0.39, 0.29) is 11.8 Å². The molecule has 1 heterocycles. The topological polar surface area (TPSA) is 40.6 Å². The summed E-state index contributed by atoms with van der Waals surface area (Å²) in [5.74, 6) is -0.623. The van der Waals surface area contributed by atoms with Gasteiger partial charge in [0, 0.05) is 29.2 Å². The number of benzene rings is 4. The lowest BCUT2D eigenvalue weighted by Gasteiger charge is -2.25. The first-order chi connectivity index (χ1) is 16.7. The first-order valence-electron chi connectivity index (χ1n) is 11.0. The number of carbonyl (C=O) groups excluding carboxylic acids is 2. The van der Waals surface area contributed by atoms with Gasteiger partial charge in [-0.05, 0) is 59.7 Å². The standard InChI is InChI=1S/C30H22N2O2/c33-29-21-22-30(34)32(29)28-19-15-24(16-20-28)12-11-23-13-17-27(18-14-23)31(25-7-3-1-4-8-25)26-9-5-2-6-10-26/h1-22H/b12-11+. The van der Waals surface area contributed by atoms with Gasteiger partial charge in [-0.2, -0.15) is 0 Å². The molecule has 0 spiro atoms. The average Bonchev–Trinajstić information content (AvgIpc) is 3.23. The molecule has 0 aliphatic carbocycles. The van der Waals surface area contributed by atoms with E-state index in [0.717, 1.165) is 33.1 Å². The van der Waals surface area contributed by atoms with Crippen molar-refractivity contribution in [3.63, 3.8) is 0 Å². The second-order valence-electron chi connectivity index (χ2n) is 7.87. The Bertz CT molecular complexity index is 1300. The molecule has 0 bridgehead atoms. The maximum atomic E-state index is 11.8. The second-order valence-corrected chi connectivity index (χ2v) is 7.87. The molecule has 4 nitrogen and oxygen atoms in total. The first-order valence-corrected chi connectivity index (χ1v) is 11.0. The van der Waals surface area contributed by atoms with Crippen molar-refractivity contribution >= 4 is 46.7 Å². The minimum absolute atomic E-state index is 0.312. The van der Waals surface area contributed by atoms with E-state index in [2.05, 4.69) is 53.4 Å². The van der Waals surface area contributed by atoms with Gasteiger partial charge in [0.05, 0.1) is 5.69 Å². The highest BCUT2D eigenvalue weighted by Crippen LogP contribution is 2.34. The summed E-state index contributed by atoms with van der Waals surface area (Å²) in [6.45, 7) is 0. The van der Waals surface area contributed by atoms with Crippen LogP contribution in [0.5, 0.6) is 0 Å². The summed E-state index contributed by atoms with van der Waals surface area (Å²) in [7, 11) is 0. The zero-order chi connectivity index (χ0) is 23.3. The highest BCUT2D eigenvalue weighted by atomic mass is 16.2. The summed E-state index contributed by atoms with van der Waals surface area (Å²) >= 11 is 0. The lowest BCUT2D eigenvalue weighted by molar-refractivity contribution is -0.119. The molecule has 0 fully saturated rings. The van der Waals surface area contributed by atoms with Gasteiger partial charge in [-0.3, -0.25) is 9.59 Å². The third kappa shape index (κ3) is 4.43. The molecule has 4 aromatic carbocycles. The van der Waals surface area contributed by atoms with Gasteiger partial charge in [0.15, 0.2) is 0 Å². The van der Waals surface area contributed by atoms with Crippen LogP contribution in [0.3, 0.4) is 0 Å². The van der Waals surface area contributed by atoms with E-state index in [1.54, 1.807) is 12.1 Å². The number of imide groups is 1. The molecule has 0 N–H and O–H groups in total. The van der Waals surface area contributed by atoms with Crippen LogP contribution in [0.2, 0.25) is 0 Å². The van der Waals surface area contributed by atoms with E-state index in [4.69, 9.17) is 0 Å². The summed E-state index contributed by atoms with van der Waals surface area (Å²) in [6.07, 6.45) is 6.63. The number of hydrogen-bond donors (Lipinski definition) is 0. The molecule has 0 radical (unpaired) electrons. The fourth-order valence-corrected chi connectivity index (χ4v) is 3.92. The van der Waals surface area contributed by atoms with Gasteiger partial charge in [0.25, 0.3) is 11.8 Å². The number of anilines is 4. The molecule has 1 aliphatic rings. The predicted molar refractivity (Wildman–Crippen MR) is 138 cm³/mol. The van der Waals surface area contributed by atoms with Gasteiger partial charge >= 0.3 is 0 Å². The van der Waals surface area contributed by atoms with E-state index in [0.29, 0.717) is 5.69 Å². The largest absolute Gasteiger partial charge is 0.311 e. The molecule has 0 aromatic heterocycles. The predicted octanol–water partition coefficient (Wildman–Crippen LogP) is 6.76. The van der Waals surface area contributed by atoms with Crippen molar-refractivity contribution in [3.05, 3.63) is 132 Å². The molecule has 4 aromatic rings. The zero-order valence-electron chi connectivity index (χ0n) is 18.4. The van der Waals surface area contributed by atoms with Gasteiger partial charge in [-0.1, -0.05) is 72.8 Å². The lowest BCUT2D eigenvalue weighted by atomic mass is 10.1. The van der Waals surface area contributed by atoms with Crippen LogP contribution >= 0.6 is 0 Å². The fourth-order valence-electron chi connectivity index (χ4n) is 3.92. The Morgan fingerprint density at radius 2 is 0.912 bits per heavy atom. The number of rotatable bonds is 6. The van der Waals surface area contributed by atoms with Crippen LogP contribution < -0.4 is 9.80 Å². The molecule has 164 valence electrons. The van der Waals surface area contributed by atoms with Gasteiger partial charge < -0.3 is 4.90 Å². The normalized spacial score (nSPS) is 13.1. The highest BCUT2D eigenvalue weighted by molar-refractivity contribution is 6.28. The maximum Gasteiger partial charge on any atom is 0.258 e. The number of para-hydroxylation sites is 2. The Labute approximate surface area is 198 Å². The Morgan fingerprint density at radius 3 is 1.38 bits per heavy atom. The van der Waals surface area contributed by atoms with E-state index in [1.165, 1.54) is 12.2 Å². The lowest BCUT2D eigenvalue weighted by Crippen LogP contribution is -2.29. The van der Waals surface area contributed by atoms with Crippen LogP contribution in [-0.2, 0) is 9.59 Å². The molecule has 0 atom stereocenters. The first kappa shape index (κ1) is 21.2. The zero-order valence-corrected chi connectivity index (χ0v) is 18.4. The maximum absolute atomic E-state index is 11.8. The van der Waals surface area contributed by atoms with Crippen molar-refractivity contribution < 1.29 is 9.59 Å². The number of amides is 2. The van der Waals surface area contributed by atoms with Gasteiger partial charge in [-0.25, -0.2) is 4.90 Å². The number of nitrogens with zero attached hydrogens (tertiary/aromatic N) is 2. The summed E-state index contributed by atoms with van der Waals surface area (Å²) < 4.78 is 0. The third-order valence-corrected chi connectivity index (χ3v) is 5.61. The van der Waals surface area contributed by atoms with Crippen LogP contribution in [0.4, 0.5) is 22.7 Å². The number of carbonyl (C=O) groups is 2. The van der Waals surface area contributed by atoms with E-state index in [1.807, 2.05) is 60.7 Å². The Morgan fingerprint density at radius 1 is 0.500 bits per heavy atom. The van der Waals surface area contributed by atoms with Crippen molar-refractivity contribution in [2.45, 2.75) is 0 Å². The Balaban J connectivity index is 1.34. The second kappa shape index (κ2) is 9.43. The van der Waals surface area contributed by atoms with Gasteiger partial charge in [0.2, 0.25) is 0 Å². The van der Waals surface area contributed by atoms with Crippen LogP contribution in [0, 0.1) is 0 Å². The van der Waals surface area contributed by atoms with Crippen LogP contribution in [0.25, 0.3) is 12.2 Å². The van der Waals surface area contributed by atoms with E-state index in [9.17, 15) is 9.59 Å². The Kier molecular flexibility index (Phi) is 5.87. The van der Waals surface area contributed by atoms with E-state index >= 15 is 0 Å². The number of hydrogen-bond acceptors (Lipinski definition) is 3. The van der Waals surface area contributed by atoms with Gasteiger partial charge in [-0.15, -0.1) is 0 Å². The summed E-state index contributed by atoms with van der Waals surface area (Å²) in [5.41, 5.74) is 5.90. The fraction of sp³-hybridized carbons (Fsp3) is 0. The molecule has 0 saturated carbocycles. The van der Waals surface area contributed by atoms with Crippen molar-refractivity contribution in [2.75, 3.05) is 9.80 Å². The molecule has 2 amide bonds. The summed E-state index contributed by atoms with van der Waals surface area (Å²) in [4.78, 5) is 27.1.